The predicted molar refractivity (Wildman–Crippen MR) is 120 cm³/mol. The molecule has 2 amide bonds. The monoisotopic (exact) mass is 410 g/mol. The van der Waals surface area contributed by atoms with Crippen LogP contribution in [0.15, 0.2) is 42.5 Å². The first-order valence-corrected chi connectivity index (χ1v) is 10.8. The average molecular weight is 411 g/mol. The smallest absolute Gasteiger partial charge is 0.279 e. The first-order valence-electron chi connectivity index (χ1n) is 10.8. The van der Waals surface area contributed by atoms with Crippen LogP contribution in [0.1, 0.15) is 29.5 Å². The van der Waals surface area contributed by atoms with E-state index in [1.807, 2.05) is 51.2 Å². The molecule has 6 heteroatoms. The Balaban J connectivity index is 1.44. The average Bonchev–Trinajstić information content (AvgIpc) is 3.19. The topological polar surface area (TPSA) is 67.1 Å². The Morgan fingerprint density at radius 1 is 0.900 bits per heavy atom. The highest BCUT2D eigenvalue weighted by molar-refractivity contribution is 5.94. The third kappa shape index (κ3) is 6.40. The van der Waals surface area contributed by atoms with Gasteiger partial charge in [0.1, 0.15) is 6.54 Å². The number of rotatable bonds is 8. The minimum absolute atomic E-state index is 0.0912. The van der Waals surface area contributed by atoms with E-state index in [9.17, 15) is 9.59 Å². The molecule has 0 spiro atoms. The van der Waals surface area contributed by atoms with Crippen molar-refractivity contribution in [3.63, 3.8) is 0 Å². The van der Waals surface area contributed by atoms with Crippen molar-refractivity contribution in [3.8, 4) is 0 Å². The van der Waals surface area contributed by atoms with Gasteiger partial charge in [0.25, 0.3) is 11.8 Å². The maximum atomic E-state index is 12.4. The van der Waals surface area contributed by atoms with Gasteiger partial charge >= 0.3 is 0 Å². The van der Waals surface area contributed by atoms with Crippen molar-refractivity contribution in [3.05, 3.63) is 59.2 Å². The molecule has 0 radical (unpaired) electrons. The first-order chi connectivity index (χ1) is 14.4. The minimum Gasteiger partial charge on any atom is -0.331 e. The van der Waals surface area contributed by atoms with Crippen molar-refractivity contribution < 1.29 is 19.4 Å². The lowest BCUT2D eigenvalue weighted by Crippen LogP contribution is -3.11. The van der Waals surface area contributed by atoms with Crippen LogP contribution < -0.4 is 20.4 Å². The summed E-state index contributed by atoms with van der Waals surface area (Å²) >= 11 is 0. The van der Waals surface area contributed by atoms with E-state index in [0.29, 0.717) is 0 Å². The predicted octanol–water partition coefficient (Wildman–Crippen LogP) is 0.574. The van der Waals surface area contributed by atoms with Crippen molar-refractivity contribution in [2.24, 2.45) is 0 Å². The molecule has 160 valence electrons. The molecule has 0 bridgehead atoms. The summed E-state index contributed by atoms with van der Waals surface area (Å²) in [4.78, 5) is 27.2. The number of amides is 2. The Hall–Kier alpha value is -2.70. The lowest BCUT2D eigenvalue weighted by Gasteiger charge is -2.16. The normalized spacial score (nSPS) is 15.0. The second-order valence-electron chi connectivity index (χ2n) is 8.50. The number of likely N-dealkylation sites (tertiary alicyclic amines) is 1. The van der Waals surface area contributed by atoms with Crippen LogP contribution in [0.3, 0.4) is 0 Å². The molecule has 6 nitrogen and oxygen atoms in total. The molecule has 0 aromatic heterocycles. The maximum absolute atomic E-state index is 12.4. The number of hydrogen-bond acceptors (Lipinski definition) is 2. The van der Waals surface area contributed by atoms with E-state index in [2.05, 4.69) is 22.8 Å². The SMILES string of the molecule is Cc1cccc(C)c1NC(=O)C[NH+](C)CC(=O)Nc1ccc(C[NH+]2CCCC2)cc1. The highest BCUT2D eigenvalue weighted by Gasteiger charge is 2.17. The van der Waals surface area contributed by atoms with Crippen molar-refractivity contribution >= 4 is 23.2 Å². The van der Waals surface area contributed by atoms with Gasteiger partial charge in [0.05, 0.1) is 20.1 Å². The Morgan fingerprint density at radius 3 is 2.07 bits per heavy atom. The van der Waals surface area contributed by atoms with Crippen LogP contribution in [0.4, 0.5) is 11.4 Å². The summed E-state index contributed by atoms with van der Waals surface area (Å²) in [6.07, 6.45) is 2.64. The molecule has 2 aromatic carbocycles. The maximum Gasteiger partial charge on any atom is 0.279 e. The largest absolute Gasteiger partial charge is 0.331 e. The van der Waals surface area contributed by atoms with Crippen LogP contribution in [0.5, 0.6) is 0 Å². The number of hydrogen-bond donors (Lipinski definition) is 4. The fourth-order valence-corrected chi connectivity index (χ4v) is 4.06. The van der Waals surface area contributed by atoms with E-state index >= 15 is 0 Å². The third-order valence-corrected chi connectivity index (χ3v) is 5.67. The second kappa shape index (κ2) is 10.4. The summed E-state index contributed by atoms with van der Waals surface area (Å²) in [5, 5.41) is 5.91. The van der Waals surface area contributed by atoms with Crippen LogP contribution in [0.25, 0.3) is 0 Å². The Bertz CT molecular complexity index is 853. The number of anilines is 2. The lowest BCUT2D eigenvalue weighted by atomic mass is 10.1. The quantitative estimate of drug-likeness (QED) is 0.514. The van der Waals surface area contributed by atoms with Crippen molar-refractivity contribution in [1.82, 2.24) is 0 Å². The molecule has 1 fully saturated rings. The van der Waals surface area contributed by atoms with Crippen LogP contribution >= 0.6 is 0 Å². The van der Waals surface area contributed by atoms with E-state index in [1.165, 1.54) is 31.5 Å². The van der Waals surface area contributed by atoms with E-state index in [0.717, 1.165) is 33.9 Å². The summed E-state index contributed by atoms with van der Waals surface area (Å²) < 4.78 is 0. The van der Waals surface area contributed by atoms with Gasteiger partial charge in [0.15, 0.2) is 13.1 Å². The van der Waals surface area contributed by atoms with Gasteiger partial charge in [-0.3, -0.25) is 9.59 Å². The van der Waals surface area contributed by atoms with Gasteiger partial charge in [-0.05, 0) is 37.1 Å². The van der Waals surface area contributed by atoms with Gasteiger partial charge in [-0.1, -0.05) is 30.3 Å². The number of benzene rings is 2. The highest BCUT2D eigenvalue weighted by atomic mass is 16.2. The molecule has 1 heterocycles. The van der Waals surface area contributed by atoms with Crippen LogP contribution in [-0.4, -0.2) is 45.0 Å². The fraction of sp³-hybridized carbons (Fsp3) is 0.417. The van der Waals surface area contributed by atoms with E-state index in [4.69, 9.17) is 0 Å². The van der Waals surface area contributed by atoms with Gasteiger partial charge < -0.3 is 20.4 Å². The Morgan fingerprint density at radius 2 is 1.47 bits per heavy atom. The van der Waals surface area contributed by atoms with Crippen LogP contribution in [-0.2, 0) is 16.1 Å². The number of nitrogens with one attached hydrogen (secondary N) is 4. The molecule has 30 heavy (non-hydrogen) atoms. The summed E-state index contributed by atoms with van der Waals surface area (Å²) in [7, 11) is 1.85. The van der Waals surface area contributed by atoms with Gasteiger partial charge in [0.2, 0.25) is 0 Å². The van der Waals surface area contributed by atoms with Crippen molar-refractivity contribution in [1.29, 1.82) is 0 Å². The summed E-state index contributed by atoms with van der Waals surface area (Å²) in [6.45, 7) is 7.99. The zero-order valence-electron chi connectivity index (χ0n) is 18.3. The molecule has 2 aromatic rings. The number of quaternary nitrogens is 2. The summed E-state index contributed by atoms with van der Waals surface area (Å²) in [6, 6.07) is 14.0. The minimum atomic E-state index is -0.0923. The molecule has 0 saturated carbocycles. The zero-order valence-corrected chi connectivity index (χ0v) is 18.3. The van der Waals surface area contributed by atoms with E-state index in [-0.39, 0.29) is 24.9 Å². The van der Waals surface area contributed by atoms with Gasteiger partial charge in [-0.15, -0.1) is 0 Å². The first kappa shape index (κ1) is 22.0. The number of carbonyl (C=O) groups is 2. The number of para-hydroxylation sites is 1. The van der Waals surface area contributed by atoms with Crippen molar-refractivity contribution in [2.75, 3.05) is 43.9 Å². The lowest BCUT2D eigenvalue weighted by molar-refractivity contribution is -0.901. The van der Waals surface area contributed by atoms with Crippen LogP contribution in [0.2, 0.25) is 0 Å². The third-order valence-electron chi connectivity index (χ3n) is 5.67. The molecule has 4 N–H and O–H groups in total. The van der Waals surface area contributed by atoms with Gasteiger partial charge in [0, 0.05) is 29.8 Å². The van der Waals surface area contributed by atoms with Gasteiger partial charge in [-0.25, -0.2) is 0 Å². The molecular weight excluding hydrogens is 376 g/mol. The molecule has 1 unspecified atom stereocenters. The molecule has 1 aliphatic heterocycles. The molecule has 0 aliphatic carbocycles. The fourth-order valence-electron chi connectivity index (χ4n) is 4.06. The van der Waals surface area contributed by atoms with Crippen molar-refractivity contribution in [2.45, 2.75) is 33.2 Å². The Kier molecular flexibility index (Phi) is 7.60. The summed E-state index contributed by atoms with van der Waals surface area (Å²) in [5.74, 6) is -0.184. The number of carbonyl (C=O) groups excluding carboxylic acids is 2. The Labute approximate surface area is 179 Å². The number of aryl methyl sites for hydroxylation is 2. The number of likely N-dealkylation sites (N-methyl/N-ethyl adjacent to an activating group) is 1. The van der Waals surface area contributed by atoms with Gasteiger partial charge in [-0.2, -0.15) is 0 Å². The molecular formula is C24H34N4O2+2. The van der Waals surface area contributed by atoms with Crippen LogP contribution in [0, 0.1) is 13.8 Å². The van der Waals surface area contributed by atoms with E-state index in [1.54, 1.807) is 4.90 Å². The molecule has 1 atom stereocenters. The van der Waals surface area contributed by atoms with E-state index < -0.39 is 0 Å². The highest BCUT2D eigenvalue weighted by Crippen LogP contribution is 2.18. The second-order valence-corrected chi connectivity index (χ2v) is 8.50. The molecule has 3 rings (SSSR count). The summed E-state index contributed by atoms with van der Waals surface area (Å²) in [5.41, 5.74) is 5.03. The molecule has 1 saturated heterocycles. The molecule has 1 aliphatic rings. The standard InChI is InChI=1S/C24H32N4O2/c1-18-7-6-8-19(2)24(18)26-23(30)17-27(3)16-22(29)25-21-11-9-20(10-12-21)15-28-13-4-5-14-28/h6-12H,4-5,13-17H2,1-3H3,(H,25,29)(H,26,30)/p+2. The zero-order chi connectivity index (χ0) is 21.5.